The molecule has 1 aromatic heterocycles. The SMILES string of the molecule is CCOc1cc(-c2ccccc2)sc1C(=O)NCc1cccc(C(=O)N2CCCC2)c1. The number of nitrogens with zero attached hydrogens (tertiary/aromatic N) is 1. The zero-order valence-corrected chi connectivity index (χ0v) is 18.4. The van der Waals surface area contributed by atoms with Crippen molar-refractivity contribution in [3.05, 3.63) is 76.7 Å². The van der Waals surface area contributed by atoms with Crippen LogP contribution in [0.2, 0.25) is 0 Å². The number of benzene rings is 2. The number of likely N-dealkylation sites (tertiary alicyclic amines) is 1. The van der Waals surface area contributed by atoms with Gasteiger partial charge < -0.3 is 15.0 Å². The Morgan fingerprint density at radius 2 is 1.81 bits per heavy atom. The van der Waals surface area contributed by atoms with Crippen molar-refractivity contribution in [1.29, 1.82) is 0 Å². The molecule has 0 saturated carbocycles. The summed E-state index contributed by atoms with van der Waals surface area (Å²) in [7, 11) is 0. The molecule has 0 atom stereocenters. The maximum Gasteiger partial charge on any atom is 0.265 e. The van der Waals surface area contributed by atoms with E-state index in [1.54, 1.807) is 0 Å². The fraction of sp³-hybridized carbons (Fsp3) is 0.280. The van der Waals surface area contributed by atoms with E-state index in [9.17, 15) is 9.59 Å². The van der Waals surface area contributed by atoms with Crippen molar-refractivity contribution in [3.63, 3.8) is 0 Å². The van der Waals surface area contributed by atoms with Gasteiger partial charge in [-0.05, 0) is 49.1 Å². The van der Waals surface area contributed by atoms with Gasteiger partial charge in [-0.1, -0.05) is 42.5 Å². The summed E-state index contributed by atoms with van der Waals surface area (Å²) in [5, 5.41) is 2.98. The summed E-state index contributed by atoms with van der Waals surface area (Å²) in [6, 6.07) is 19.4. The fourth-order valence-corrected chi connectivity index (χ4v) is 4.74. The van der Waals surface area contributed by atoms with Gasteiger partial charge in [0.05, 0.1) is 6.61 Å². The van der Waals surface area contributed by atoms with Crippen molar-refractivity contribution < 1.29 is 14.3 Å². The lowest BCUT2D eigenvalue weighted by Crippen LogP contribution is -2.28. The Morgan fingerprint density at radius 3 is 2.55 bits per heavy atom. The topological polar surface area (TPSA) is 58.6 Å². The Bertz CT molecular complexity index is 1060. The van der Waals surface area contributed by atoms with Crippen LogP contribution in [0.25, 0.3) is 10.4 Å². The Kier molecular flexibility index (Phi) is 6.67. The van der Waals surface area contributed by atoms with Gasteiger partial charge in [-0.2, -0.15) is 0 Å². The third kappa shape index (κ3) is 4.97. The minimum absolute atomic E-state index is 0.0649. The van der Waals surface area contributed by atoms with E-state index in [0.717, 1.165) is 41.9 Å². The molecule has 5 nitrogen and oxygen atoms in total. The molecule has 2 aromatic carbocycles. The van der Waals surface area contributed by atoms with Gasteiger partial charge in [0, 0.05) is 30.1 Å². The van der Waals surface area contributed by atoms with E-state index >= 15 is 0 Å². The highest BCUT2D eigenvalue weighted by molar-refractivity contribution is 7.17. The molecule has 0 spiro atoms. The second-order valence-electron chi connectivity index (χ2n) is 7.49. The lowest BCUT2D eigenvalue weighted by atomic mass is 10.1. The van der Waals surface area contributed by atoms with Crippen molar-refractivity contribution in [2.75, 3.05) is 19.7 Å². The number of hydrogen-bond donors (Lipinski definition) is 1. The molecule has 3 aromatic rings. The van der Waals surface area contributed by atoms with Crippen molar-refractivity contribution in [2.24, 2.45) is 0 Å². The van der Waals surface area contributed by atoms with Crippen LogP contribution in [0.1, 0.15) is 45.4 Å². The average molecular weight is 435 g/mol. The van der Waals surface area contributed by atoms with E-state index in [1.807, 2.05) is 72.5 Å². The van der Waals surface area contributed by atoms with Crippen LogP contribution in [0, 0.1) is 0 Å². The van der Waals surface area contributed by atoms with Crippen LogP contribution in [0.3, 0.4) is 0 Å². The highest BCUT2D eigenvalue weighted by Gasteiger charge is 2.20. The smallest absolute Gasteiger partial charge is 0.265 e. The maximum atomic E-state index is 12.9. The van der Waals surface area contributed by atoms with Crippen LogP contribution in [0.15, 0.2) is 60.7 Å². The van der Waals surface area contributed by atoms with Crippen molar-refractivity contribution in [3.8, 4) is 16.2 Å². The number of hydrogen-bond acceptors (Lipinski definition) is 4. The van der Waals surface area contributed by atoms with Crippen LogP contribution in [0.5, 0.6) is 5.75 Å². The second kappa shape index (κ2) is 9.79. The molecule has 2 amide bonds. The summed E-state index contributed by atoms with van der Waals surface area (Å²) in [4.78, 5) is 29.0. The van der Waals surface area contributed by atoms with E-state index in [-0.39, 0.29) is 11.8 Å². The van der Waals surface area contributed by atoms with Crippen LogP contribution < -0.4 is 10.1 Å². The maximum absolute atomic E-state index is 12.9. The normalized spacial score (nSPS) is 13.3. The molecule has 31 heavy (non-hydrogen) atoms. The molecule has 4 rings (SSSR count). The lowest BCUT2D eigenvalue weighted by molar-refractivity contribution is 0.0792. The third-order valence-electron chi connectivity index (χ3n) is 5.28. The standard InChI is InChI=1S/C25H26N2O3S/c1-2-30-21-16-22(19-10-4-3-5-11-19)31-23(21)24(28)26-17-18-9-8-12-20(15-18)25(29)27-13-6-7-14-27/h3-5,8-12,15-16H,2,6-7,13-14,17H2,1H3,(H,26,28). The summed E-state index contributed by atoms with van der Waals surface area (Å²) >= 11 is 1.42. The molecule has 6 heteroatoms. The largest absolute Gasteiger partial charge is 0.492 e. The quantitative estimate of drug-likeness (QED) is 0.571. The Balaban J connectivity index is 1.47. The number of nitrogens with one attached hydrogen (secondary N) is 1. The van der Waals surface area contributed by atoms with E-state index in [4.69, 9.17) is 4.74 Å². The molecule has 1 aliphatic rings. The first-order valence-corrected chi connectivity index (χ1v) is 11.5. The number of amides is 2. The van der Waals surface area contributed by atoms with Gasteiger partial charge in [0.25, 0.3) is 11.8 Å². The van der Waals surface area contributed by atoms with Gasteiger partial charge in [0.2, 0.25) is 0 Å². The van der Waals surface area contributed by atoms with Crippen LogP contribution >= 0.6 is 11.3 Å². The minimum atomic E-state index is -0.174. The van der Waals surface area contributed by atoms with Crippen LogP contribution in [0.4, 0.5) is 0 Å². The lowest BCUT2D eigenvalue weighted by Gasteiger charge is -2.15. The van der Waals surface area contributed by atoms with Crippen LogP contribution in [-0.4, -0.2) is 36.4 Å². The van der Waals surface area contributed by atoms with Crippen molar-refractivity contribution in [2.45, 2.75) is 26.3 Å². The summed E-state index contributed by atoms with van der Waals surface area (Å²) < 4.78 is 5.72. The van der Waals surface area contributed by atoms with Gasteiger partial charge in [-0.3, -0.25) is 9.59 Å². The number of carbonyl (C=O) groups excluding carboxylic acids is 2. The van der Waals surface area contributed by atoms with Gasteiger partial charge in [-0.25, -0.2) is 0 Å². The molecule has 1 N–H and O–H groups in total. The van der Waals surface area contributed by atoms with Gasteiger partial charge >= 0.3 is 0 Å². The first-order chi connectivity index (χ1) is 15.2. The molecule has 0 bridgehead atoms. The van der Waals surface area contributed by atoms with Gasteiger partial charge in [-0.15, -0.1) is 11.3 Å². The molecular weight excluding hydrogens is 408 g/mol. The van der Waals surface area contributed by atoms with E-state index in [0.29, 0.717) is 29.3 Å². The van der Waals surface area contributed by atoms with Gasteiger partial charge in [0.1, 0.15) is 10.6 Å². The zero-order valence-electron chi connectivity index (χ0n) is 17.6. The summed E-state index contributed by atoms with van der Waals surface area (Å²) in [5.74, 6) is 0.490. The van der Waals surface area contributed by atoms with Crippen LogP contribution in [-0.2, 0) is 6.54 Å². The summed E-state index contributed by atoms with van der Waals surface area (Å²) in [5.41, 5.74) is 2.63. The number of thiophene rings is 1. The average Bonchev–Trinajstić information content (AvgIpc) is 3.49. The Labute approximate surface area is 186 Å². The molecular formula is C25H26N2O3S. The molecule has 0 unspecified atom stereocenters. The summed E-state index contributed by atoms with van der Waals surface area (Å²) in [6.45, 7) is 4.39. The molecule has 160 valence electrons. The third-order valence-corrected chi connectivity index (χ3v) is 6.45. The molecule has 1 aliphatic heterocycles. The number of rotatable bonds is 7. The number of ether oxygens (including phenoxy) is 1. The predicted octanol–water partition coefficient (Wildman–Crippen LogP) is 4.98. The molecule has 0 aliphatic carbocycles. The fourth-order valence-electron chi connectivity index (χ4n) is 3.72. The Hall–Kier alpha value is -3.12. The summed E-state index contributed by atoms with van der Waals surface area (Å²) in [6.07, 6.45) is 2.13. The monoisotopic (exact) mass is 434 g/mol. The molecule has 1 fully saturated rings. The molecule has 1 saturated heterocycles. The molecule has 0 radical (unpaired) electrons. The first kappa shape index (κ1) is 21.1. The van der Waals surface area contributed by atoms with E-state index in [1.165, 1.54) is 11.3 Å². The number of carbonyl (C=O) groups is 2. The minimum Gasteiger partial charge on any atom is -0.492 e. The van der Waals surface area contributed by atoms with E-state index in [2.05, 4.69) is 5.32 Å². The van der Waals surface area contributed by atoms with Crippen molar-refractivity contribution >= 4 is 23.2 Å². The predicted molar refractivity (Wildman–Crippen MR) is 124 cm³/mol. The Morgan fingerprint density at radius 1 is 1.03 bits per heavy atom. The molecule has 2 heterocycles. The first-order valence-electron chi connectivity index (χ1n) is 10.6. The van der Waals surface area contributed by atoms with Crippen molar-refractivity contribution in [1.82, 2.24) is 10.2 Å². The highest BCUT2D eigenvalue weighted by atomic mass is 32.1. The second-order valence-corrected chi connectivity index (χ2v) is 8.54. The zero-order chi connectivity index (χ0) is 21.6. The van der Waals surface area contributed by atoms with E-state index < -0.39 is 0 Å². The van der Waals surface area contributed by atoms with Gasteiger partial charge in [0.15, 0.2) is 0 Å². The highest BCUT2D eigenvalue weighted by Crippen LogP contribution is 2.36.